The van der Waals surface area contributed by atoms with Crippen LogP contribution in [0, 0.1) is 5.92 Å². The molecule has 0 aliphatic rings. The van der Waals surface area contributed by atoms with Crippen LogP contribution in [0.5, 0.6) is 0 Å². The predicted molar refractivity (Wildman–Crippen MR) is 38.1 cm³/mol. The molecule has 0 saturated carbocycles. The maximum absolute atomic E-state index is 5.00. The number of rotatable bonds is 0. The molecule has 0 aliphatic carbocycles. The Hall–Kier alpha value is 1.75. The van der Waals surface area contributed by atoms with Crippen molar-refractivity contribution in [1.29, 1.82) is 0 Å². The molecule has 0 rings (SSSR count). The average Bonchev–Trinajstić information content (AvgIpc) is 1.25. The summed E-state index contributed by atoms with van der Waals surface area (Å²) >= 11 is -2.13. The van der Waals surface area contributed by atoms with Gasteiger partial charge < -0.3 is 0 Å². The molecular formula is C4H10Cl3Zr. The summed E-state index contributed by atoms with van der Waals surface area (Å²) in [6.07, 6.45) is 0. The van der Waals surface area contributed by atoms with Gasteiger partial charge >= 0.3 is 43.7 Å². The van der Waals surface area contributed by atoms with Gasteiger partial charge in [0.05, 0.1) is 0 Å². The van der Waals surface area contributed by atoms with Crippen LogP contribution in [0.15, 0.2) is 0 Å². The van der Waals surface area contributed by atoms with Crippen LogP contribution in [0.2, 0.25) is 0 Å². The summed E-state index contributed by atoms with van der Waals surface area (Å²) in [6, 6.07) is 0. The van der Waals surface area contributed by atoms with Crippen LogP contribution in [-0.2, 0) is 18.2 Å². The second-order valence-corrected chi connectivity index (χ2v) is 13.1. The van der Waals surface area contributed by atoms with Crippen LogP contribution in [0.4, 0.5) is 0 Å². The Kier molecular flexibility index (Phi) is 13.6. The van der Waals surface area contributed by atoms with E-state index in [4.69, 9.17) is 25.5 Å². The molecule has 0 amide bonds. The Bertz CT molecular complexity index is 26.8. The van der Waals surface area contributed by atoms with Crippen molar-refractivity contribution < 1.29 is 18.2 Å². The topological polar surface area (TPSA) is 0 Å². The minimum absolute atomic E-state index is 0.833. The van der Waals surface area contributed by atoms with Gasteiger partial charge in [-0.3, -0.25) is 0 Å². The third kappa shape index (κ3) is 115. The van der Waals surface area contributed by atoms with Gasteiger partial charge in [0.2, 0.25) is 0 Å². The van der Waals surface area contributed by atoms with Gasteiger partial charge in [-0.25, -0.2) is 0 Å². The molecule has 8 heavy (non-hydrogen) atoms. The molecule has 4 heteroatoms. The molecule has 0 saturated heterocycles. The van der Waals surface area contributed by atoms with Gasteiger partial charge in [-0.2, -0.15) is 0 Å². The fraction of sp³-hybridized carbons (Fsp3) is 1.00. The van der Waals surface area contributed by atoms with E-state index in [0.717, 1.165) is 5.92 Å². The third-order valence-corrected chi connectivity index (χ3v) is 0. The van der Waals surface area contributed by atoms with Crippen LogP contribution < -0.4 is 0 Å². The second kappa shape index (κ2) is 8.75. The zero-order valence-corrected chi connectivity index (χ0v) is 9.94. The summed E-state index contributed by atoms with van der Waals surface area (Å²) in [5.41, 5.74) is 0. The van der Waals surface area contributed by atoms with E-state index in [2.05, 4.69) is 20.8 Å². The quantitative estimate of drug-likeness (QED) is 0.619. The van der Waals surface area contributed by atoms with E-state index in [-0.39, 0.29) is 0 Å². The predicted octanol–water partition coefficient (Wildman–Crippen LogP) is 3.73. The van der Waals surface area contributed by atoms with Gasteiger partial charge in [-0.15, -0.1) is 0 Å². The first kappa shape index (κ1) is 12.4. The Morgan fingerprint density at radius 1 is 1.00 bits per heavy atom. The molecular weight excluding hydrogens is 246 g/mol. The maximum atomic E-state index is 5.00. The van der Waals surface area contributed by atoms with Crippen molar-refractivity contribution in [3.8, 4) is 0 Å². The third-order valence-electron chi connectivity index (χ3n) is 0. The molecule has 0 radical (unpaired) electrons. The van der Waals surface area contributed by atoms with E-state index in [9.17, 15) is 0 Å². The van der Waals surface area contributed by atoms with Crippen molar-refractivity contribution in [2.75, 3.05) is 0 Å². The summed E-state index contributed by atoms with van der Waals surface area (Å²) in [7, 11) is 15.0. The van der Waals surface area contributed by atoms with Crippen LogP contribution in [-0.4, -0.2) is 0 Å². The summed E-state index contributed by atoms with van der Waals surface area (Å²) in [4.78, 5) is 0. The first-order valence-corrected chi connectivity index (χ1v) is 11.8. The summed E-state index contributed by atoms with van der Waals surface area (Å²) in [5.74, 6) is 0.833. The molecule has 51 valence electrons. The fourth-order valence-electron chi connectivity index (χ4n) is 0. The van der Waals surface area contributed by atoms with Crippen molar-refractivity contribution in [3.63, 3.8) is 0 Å². The molecule has 0 spiro atoms. The Morgan fingerprint density at radius 2 is 1.00 bits per heavy atom. The van der Waals surface area contributed by atoms with Gasteiger partial charge in [-0.05, 0) is 5.92 Å². The Labute approximate surface area is 69.8 Å². The molecule has 0 N–H and O–H groups in total. The van der Waals surface area contributed by atoms with Crippen molar-refractivity contribution >= 4 is 25.5 Å². The van der Waals surface area contributed by atoms with E-state index < -0.39 is 18.2 Å². The van der Waals surface area contributed by atoms with E-state index in [1.165, 1.54) is 0 Å². The van der Waals surface area contributed by atoms with Gasteiger partial charge in [0.25, 0.3) is 0 Å². The van der Waals surface area contributed by atoms with Crippen molar-refractivity contribution in [2.24, 2.45) is 5.92 Å². The van der Waals surface area contributed by atoms with Gasteiger partial charge in [0, 0.05) is 0 Å². The number of halogens is 3. The summed E-state index contributed by atoms with van der Waals surface area (Å²) in [5, 5.41) is 0. The first-order chi connectivity index (χ1) is 3.46. The van der Waals surface area contributed by atoms with E-state index in [0.29, 0.717) is 0 Å². The fourth-order valence-corrected chi connectivity index (χ4v) is 0. The molecule has 0 unspecified atom stereocenters. The molecule has 0 nitrogen and oxygen atoms in total. The Balaban J connectivity index is 0. The molecule has 0 fully saturated rings. The molecule has 0 aromatic rings. The first-order valence-electron chi connectivity index (χ1n) is 2.30. The SMILES string of the molecule is CC(C)C.[Cl][Zr]([Cl])[Cl]. The van der Waals surface area contributed by atoms with Crippen molar-refractivity contribution in [2.45, 2.75) is 20.8 Å². The minimum atomic E-state index is -2.13. The second-order valence-electron chi connectivity index (χ2n) is 1.95. The van der Waals surface area contributed by atoms with Crippen LogP contribution in [0.3, 0.4) is 0 Å². The molecule has 0 aromatic heterocycles. The Morgan fingerprint density at radius 3 is 1.00 bits per heavy atom. The van der Waals surface area contributed by atoms with Gasteiger partial charge in [-0.1, -0.05) is 20.8 Å². The molecule has 0 aliphatic heterocycles. The summed E-state index contributed by atoms with van der Waals surface area (Å²) < 4.78 is 0. The van der Waals surface area contributed by atoms with Crippen LogP contribution in [0.1, 0.15) is 20.8 Å². The zero-order chi connectivity index (χ0) is 7.15. The summed E-state index contributed by atoms with van der Waals surface area (Å²) in [6.45, 7) is 6.50. The van der Waals surface area contributed by atoms with Crippen LogP contribution >= 0.6 is 25.5 Å². The standard InChI is InChI=1S/C4H10.3ClH.Zr/c1-4(2)3;;;;/h4H,1-3H3;3*1H;/q;;;;+3/p-3. The van der Waals surface area contributed by atoms with E-state index in [1.807, 2.05) is 0 Å². The molecule has 0 heterocycles. The normalized spacial score (nSPS) is 7.88. The number of hydrogen-bond acceptors (Lipinski definition) is 0. The van der Waals surface area contributed by atoms with Crippen molar-refractivity contribution in [3.05, 3.63) is 0 Å². The van der Waals surface area contributed by atoms with Gasteiger partial charge in [0.1, 0.15) is 0 Å². The van der Waals surface area contributed by atoms with Gasteiger partial charge in [0.15, 0.2) is 0 Å². The number of hydrogen-bond donors (Lipinski definition) is 0. The molecule has 0 bridgehead atoms. The van der Waals surface area contributed by atoms with Crippen LogP contribution in [0.25, 0.3) is 0 Å². The zero-order valence-electron chi connectivity index (χ0n) is 5.21. The van der Waals surface area contributed by atoms with Crippen molar-refractivity contribution in [1.82, 2.24) is 0 Å². The molecule has 0 atom stereocenters. The van der Waals surface area contributed by atoms with E-state index >= 15 is 0 Å². The average molecular weight is 256 g/mol. The monoisotopic (exact) mass is 253 g/mol. The van der Waals surface area contributed by atoms with E-state index in [1.54, 1.807) is 0 Å². The molecule has 0 aromatic carbocycles.